The number of nitrogens with one attached hydrogen (secondary N) is 1. The summed E-state index contributed by atoms with van der Waals surface area (Å²) in [7, 11) is 0. The average Bonchev–Trinajstić information content (AvgIpc) is 3.00. The molecule has 1 heterocycles. The monoisotopic (exact) mass is 367 g/mol. The lowest BCUT2D eigenvalue weighted by Crippen LogP contribution is -2.24. The second-order valence-electron chi connectivity index (χ2n) is 4.23. The fourth-order valence-corrected chi connectivity index (χ4v) is 2.67. The minimum atomic E-state index is -0.360. The van der Waals surface area contributed by atoms with Gasteiger partial charge in [-0.25, -0.2) is 4.79 Å². The van der Waals surface area contributed by atoms with Crippen LogP contribution >= 0.6 is 27.3 Å². The van der Waals surface area contributed by atoms with E-state index in [2.05, 4.69) is 21.2 Å². The van der Waals surface area contributed by atoms with Crippen molar-refractivity contribution in [2.45, 2.75) is 6.42 Å². The number of thiophene rings is 1. The molecule has 0 spiro atoms. The largest absolute Gasteiger partial charge is 0.462 e. The van der Waals surface area contributed by atoms with Crippen LogP contribution in [-0.4, -0.2) is 25.0 Å². The number of amides is 1. The fourth-order valence-electron chi connectivity index (χ4n) is 1.63. The average molecular weight is 368 g/mol. The van der Waals surface area contributed by atoms with E-state index in [9.17, 15) is 9.59 Å². The number of esters is 1. The van der Waals surface area contributed by atoms with E-state index in [1.807, 2.05) is 17.5 Å². The fraction of sp³-hybridized carbons (Fsp3) is 0.200. The molecule has 1 aromatic heterocycles. The Labute approximate surface area is 135 Å². The lowest BCUT2D eigenvalue weighted by atomic mass is 10.2. The number of ether oxygens (including phenoxy) is 1. The number of rotatable bonds is 6. The highest BCUT2D eigenvalue weighted by molar-refractivity contribution is 9.10. The summed E-state index contributed by atoms with van der Waals surface area (Å²) >= 11 is 4.70. The van der Waals surface area contributed by atoms with Crippen LogP contribution in [-0.2, 0) is 4.74 Å². The van der Waals surface area contributed by atoms with E-state index >= 15 is 0 Å². The van der Waals surface area contributed by atoms with E-state index < -0.39 is 0 Å². The van der Waals surface area contributed by atoms with Gasteiger partial charge in [0.25, 0.3) is 5.91 Å². The van der Waals surface area contributed by atoms with Crippen molar-refractivity contribution in [1.29, 1.82) is 0 Å². The van der Waals surface area contributed by atoms with Crippen molar-refractivity contribution < 1.29 is 14.3 Å². The van der Waals surface area contributed by atoms with Crippen molar-refractivity contribution in [2.24, 2.45) is 0 Å². The van der Waals surface area contributed by atoms with Gasteiger partial charge in [-0.1, -0.05) is 28.1 Å². The van der Waals surface area contributed by atoms with Crippen molar-refractivity contribution in [3.05, 3.63) is 56.7 Å². The first-order chi connectivity index (χ1) is 10.2. The summed E-state index contributed by atoms with van der Waals surface area (Å²) in [4.78, 5) is 24.1. The summed E-state index contributed by atoms with van der Waals surface area (Å²) in [6.45, 7) is 0.749. The maximum Gasteiger partial charge on any atom is 0.338 e. The first-order valence-electron chi connectivity index (χ1n) is 6.41. The minimum Gasteiger partial charge on any atom is -0.462 e. The lowest BCUT2D eigenvalue weighted by Gasteiger charge is -2.06. The van der Waals surface area contributed by atoms with E-state index in [1.54, 1.807) is 24.3 Å². The van der Waals surface area contributed by atoms with Gasteiger partial charge in [-0.05, 0) is 36.1 Å². The van der Waals surface area contributed by atoms with E-state index in [4.69, 9.17) is 4.74 Å². The van der Waals surface area contributed by atoms with Crippen LogP contribution in [0, 0.1) is 0 Å². The molecule has 0 aliphatic heterocycles. The molecule has 0 saturated carbocycles. The van der Waals surface area contributed by atoms with E-state index in [1.165, 1.54) is 11.3 Å². The van der Waals surface area contributed by atoms with Gasteiger partial charge in [-0.15, -0.1) is 11.3 Å². The molecule has 110 valence electrons. The molecule has 21 heavy (non-hydrogen) atoms. The predicted molar refractivity (Wildman–Crippen MR) is 85.7 cm³/mol. The molecule has 2 aromatic rings. The van der Waals surface area contributed by atoms with Gasteiger partial charge in [0.15, 0.2) is 0 Å². The summed E-state index contributed by atoms with van der Waals surface area (Å²) in [6.07, 6.45) is 0.580. The third kappa shape index (κ3) is 4.99. The quantitative estimate of drug-likeness (QED) is 0.627. The topological polar surface area (TPSA) is 55.4 Å². The number of benzene rings is 1. The number of hydrogen-bond donors (Lipinski definition) is 1. The first kappa shape index (κ1) is 15.7. The van der Waals surface area contributed by atoms with Gasteiger partial charge >= 0.3 is 5.97 Å². The highest BCUT2D eigenvalue weighted by Crippen LogP contribution is 2.12. The molecule has 0 fully saturated rings. The summed E-state index contributed by atoms with van der Waals surface area (Å²) in [5.74, 6) is -0.454. The molecule has 1 aromatic carbocycles. The van der Waals surface area contributed by atoms with Gasteiger partial charge in [-0.2, -0.15) is 0 Å². The van der Waals surface area contributed by atoms with Crippen LogP contribution in [0.4, 0.5) is 0 Å². The Bertz CT molecular complexity index is 613. The zero-order valence-corrected chi connectivity index (χ0v) is 13.6. The number of carbonyl (C=O) groups is 2. The van der Waals surface area contributed by atoms with Crippen LogP contribution in [0.25, 0.3) is 0 Å². The van der Waals surface area contributed by atoms with Gasteiger partial charge < -0.3 is 10.1 Å². The second kappa shape index (κ2) is 7.95. The molecule has 0 aliphatic rings. The van der Waals surface area contributed by atoms with Crippen LogP contribution < -0.4 is 5.32 Å². The second-order valence-corrected chi connectivity index (χ2v) is 6.10. The van der Waals surface area contributed by atoms with Crippen molar-refractivity contribution in [3.8, 4) is 0 Å². The summed E-state index contributed by atoms with van der Waals surface area (Å²) < 4.78 is 5.98. The van der Waals surface area contributed by atoms with Crippen LogP contribution in [0.2, 0.25) is 0 Å². The molecule has 0 atom stereocenters. The Morgan fingerprint density at radius 1 is 1.24 bits per heavy atom. The van der Waals surface area contributed by atoms with Crippen LogP contribution in [0.5, 0.6) is 0 Å². The third-order valence-corrected chi connectivity index (χ3v) is 4.01. The summed E-state index contributed by atoms with van der Waals surface area (Å²) in [5.41, 5.74) is 0.506. The van der Waals surface area contributed by atoms with Gasteiger partial charge in [0.05, 0.1) is 17.0 Å². The Balaban J connectivity index is 1.66. The van der Waals surface area contributed by atoms with Crippen molar-refractivity contribution in [3.63, 3.8) is 0 Å². The van der Waals surface area contributed by atoms with E-state index in [0.717, 1.165) is 4.47 Å². The molecule has 1 N–H and O–H groups in total. The lowest BCUT2D eigenvalue weighted by molar-refractivity contribution is 0.0501. The number of carbonyl (C=O) groups excluding carboxylic acids is 2. The SMILES string of the molecule is O=C(OCCCNC(=O)c1cccs1)c1cccc(Br)c1. The molecule has 0 radical (unpaired) electrons. The molecule has 2 rings (SSSR count). The highest BCUT2D eigenvalue weighted by Gasteiger charge is 2.08. The molecule has 0 saturated heterocycles. The molecule has 1 amide bonds. The molecular formula is C15H14BrNO3S. The van der Waals surface area contributed by atoms with E-state index in [0.29, 0.717) is 23.4 Å². The Morgan fingerprint density at radius 2 is 2.10 bits per heavy atom. The van der Waals surface area contributed by atoms with Gasteiger partial charge in [-0.3, -0.25) is 4.79 Å². The zero-order valence-electron chi connectivity index (χ0n) is 11.2. The van der Waals surface area contributed by atoms with Gasteiger partial charge in [0, 0.05) is 11.0 Å². The van der Waals surface area contributed by atoms with Gasteiger partial charge in [0.2, 0.25) is 0 Å². The van der Waals surface area contributed by atoms with Crippen molar-refractivity contribution in [1.82, 2.24) is 5.32 Å². The highest BCUT2D eigenvalue weighted by atomic mass is 79.9. The van der Waals surface area contributed by atoms with Crippen LogP contribution in [0.1, 0.15) is 26.5 Å². The first-order valence-corrected chi connectivity index (χ1v) is 8.08. The maximum atomic E-state index is 11.8. The molecule has 0 unspecified atom stereocenters. The smallest absolute Gasteiger partial charge is 0.338 e. The normalized spacial score (nSPS) is 10.1. The zero-order chi connectivity index (χ0) is 15.1. The number of halogens is 1. The molecule has 6 heteroatoms. The molecule has 4 nitrogen and oxygen atoms in total. The summed E-state index contributed by atoms with van der Waals surface area (Å²) in [6, 6.07) is 10.6. The van der Waals surface area contributed by atoms with Crippen molar-refractivity contribution >= 4 is 39.1 Å². The minimum absolute atomic E-state index is 0.0942. The molecule has 0 bridgehead atoms. The Hall–Kier alpha value is -1.66. The van der Waals surface area contributed by atoms with Crippen LogP contribution in [0.3, 0.4) is 0 Å². The molecular weight excluding hydrogens is 354 g/mol. The predicted octanol–water partition coefficient (Wildman–Crippen LogP) is 3.49. The summed E-state index contributed by atoms with van der Waals surface area (Å²) in [5, 5.41) is 4.64. The van der Waals surface area contributed by atoms with Crippen LogP contribution in [0.15, 0.2) is 46.3 Å². The number of hydrogen-bond acceptors (Lipinski definition) is 4. The molecule has 0 aliphatic carbocycles. The standard InChI is InChI=1S/C15H14BrNO3S/c16-12-5-1-4-11(10-12)15(19)20-8-3-7-17-14(18)13-6-2-9-21-13/h1-2,4-6,9-10H,3,7-8H2,(H,17,18). The van der Waals surface area contributed by atoms with Crippen molar-refractivity contribution in [2.75, 3.05) is 13.2 Å². The maximum absolute atomic E-state index is 11.8. The van der Waals surface area contributed by atoms with Gasteiger partial charge in [0.1, 0.15) is 0 Å². The van der Waals surface area contributed by atoms with E-state index in [-0.39, 0.29) is 18.5 Å². The Morgan fingerprint density at radius 3 is 2.81 bits per heavy atom. The third-order valence-electron chi connectivity index (χ3n) is 2.65. The Kier molecular flexibility index (Phi) is 5.95.